The van der Waals surface area contributed by atoms with Crippen molar-refractivity contribution in [1.82, 2.24) is 74.8 Å². The number of aryl methyl sites for hydroxylation is 1. The Morgan fingerprint density at radius 3 is 0.653 bits per heavy atom. The first kappa shape index (κ1) is 103. The fourth-order valence-electron chi connectivity index (χ4n) is 14.2. The molecule has 0 fully saturated rings. The first-order chi connectivity index (χ1) is 70.2. The van der Waals surface area contributed by atoms with Crippen molar-refractivity contribution in [3.8, 4) is 228 Å². The van der Waals surface area contributed by atoms with Crippen LogP contribution in [0.3, 0.4) is 0 Å². The summed E-state index contributed by atoms with van der Waals surface area (Å²) in [7, 11) is -8.92. The number of phenols is 10. The molecule has 0 amide bonds. The summed E-state index contributed by atoms with van der Waals surface area (Å²) in [4.78, 5) is 87.5. The quantitative estimate of drug-likeness (QED) is 0.0155. The minimum atomic E-state index is -4.59. The van der Waals surface area contributed by atoms with Gasteiger partial charge in [0.1, 0.15) is 67.6 Å². The average molecular weight is 2070 g/mol. The molecule has 0 atom stereocenters. The summed E-state index contributed by atoms with van der Waals surface area (Å²) >= 11 is 3.42. The Kier molecular flexibility index (Phi) is 31.9. The standard InChI is InChI=1S/C22H17N3O5S.C22H15N3O4.C21H14BrN3O2.C21H14N4O4.C21H15N3O5S.Na/c1-13-6-11-17(19(27)12-13)22-24-20(14-7-9-15(10-8-14)31(28,29)30)23-21(25-22)16-4-2-3-5-18(16)26;26-17-7-3-1-5-15(17)20-23-19(13-9-11-14(12-10-13)22(28)29)24-21(25-20)16-6-2-4-8-18(16)27;22-14-11-9-13(10-12-14)19-23-20(15-5-1-3-7-17(15)26)25-21(24-19)16-6-2-4-8-18(16)27;26-17-7-3-1-5-15(17)20-22-19(13-9-11-14(12-10-13)25(28)29)23-21(24-20)16-6-2-4-8-18(16)27;25-17-7-3-1-5-15(17)20-22-19(13-9-11-14(12-10-13)30(27,28)29)23-21(24-20)16-6-2-4-8-18(16)26;/h2-12,26-27H,1H3,(H,28,29,30);1-12,26-27H,(H,28,29);1-12,26-27H;1-12,26-27H;1-12,25-26H,(H,27,28,29);/q;;;;;+1/p-1. The smallest absolute Gasteiger partial charge is 0.744 e. The number of hydrogen-bond acceptors (Lipinski definition) is 33. The van der Waals surface area contributed by atoms with Gasteiger partial charge in [-0.2, -0.15) is 8.42 Å². The summed E-state index contributed by atoms with van der Waals surface area (Å²) in [6, 6.07) is 94.9. The van der Waals surface area contributed by atoms with E-state index in [-0.39, 0.29) is 178 Å². The molecule has 0 aliphatic carbocycles. The van der Waals surface area contributed by atoms with E-state index in [0.717, 1.165) is 15.6 Å². The summed E-state index contributed by atoms with van der Waals surface area (Å²) in [6.45, 7) is 1.83. The van der Waals surface area contributed by atoms with Gasteiger partial charge in [-0.25, -0.2) is 88.0 Å². The molecule has 0 bridgehead atoms. The summed E-state index contributed by atoms with van der Waals surface area (Å²) in [6.07, 6.45) is 0. The Bertz CT molecular complexity index is 8120. The number of nitrogens with zero attached hydrogens (tertiary/aromatic N) is 16. The first-order valence-corrected chi connectivity index (χ1v) is 47.0. The van der Waals surface area contributed by atoms with Crippen LogP contribution in [0.25, 0.3) is 171 Å². The minimum Gasteiger partial charge on any atom is -0.744 e. The van der Waals surface area contributed by atoms with E-state index in [4.69, 9.17) is 5.11 Å². The van der Waals surface area contributed by atoms with Crippen LogP contribution in [0.1, 0.15) is 15.9 Å². The third kappa shape index (κ3) is 25.0. The summed E-state index contributed by atoms with van der Waals surface area (Å²) in [5.41, 5.74) is 7.81. The van der Waals surface area contributed by atoms with Gasteiger partial charge in [-0.05, 0) is 219 Å². The predicted octanol–water partition coefficient (Wildman–Crippen LogP) is 17.3. The number of nitro groups is 1. The maximum Gasteiger partial charge on any atom is 1.00 e. The Morgan fingerprint density at radius 1 is 0.265 bits per heavy atom. The van der Waals surface area contributed by atoms with Gasteiger partial charge in [0.05, 0.1) is 75.9 Å². The monoisotopic (exact) mass is 2070 g/mol. The molecule has 0 aliphatic heterocycles. The van der Waals surface area contributed by atoms with E-state index >= 15 is 0 Å². The van der Waals surface area contributed by atoms with Crippen LogP contribution in [-0.2, 0) is 20.2 Å². The van der Waals surface area contributed by atoms with E-state index in [9.17, 15) is 91.9 Å². The van der Waals surface area contributed by atoms with Gasteiger partial charge in [0.15, 0.2) is 87.4 Å². The van der Waals surface area contributed by atoms with E-state index in [0.29, 0.717) is 95.4 Å². The van der Waals surface area contributed by atoms with Crippen LogP contribution in [0.5, 0.6) is 57.5 Å². The van der Waals surface area contributed by atoms with E-state index in [1.807, 2.05) is 31.2 Å². The molecule has 147 heavy (non-hydrogen) atoms. The molecule has 5 heterocycles. The third-order valence-corrected chi connectivity index (χ3v) is 23.8. The van der Waals surface area contributed by atoms with Gasteiger partial charge in [-0.3, -0.25) is 14.7 Å². The van der Waals surface area contributed by atoms with Gasteiger partial charge in [-0.1, -0.05) is 155 Å². The molecule has 0 aliphatic rings. The summed E-state index contributed by atoms with van der Waals surface area (Å²) in [5, 5.41) is 122. The summed E-state index contributed by atoms with van der Waals surface area (Å²) < 4.78 is 66.3. The number of carboxylic acids is 1. The van der Waals surface area contributed by atoms with Gasteiger partial charge in [0.2, 0.25) is 0 Å². The molecule has 0 spiro atoms. The third-order valence-electron chi connectivity index (χ3n) is 21.5. The van der Waals surface area contributed by atoms with Crippen LogP contribution >= 0.6 is 15.9 Å². The molecule has 40 heteroatoms. The van der Waals surface area contributed by atoms with E-state index in [1.165, 1.54) is 127 Å². The number of nitro benzene ring substituents is 1. The average Bonchev–Trinajstić information content (AvgIpc) is 0.712. The van der Waals surface area contributed by atoms with Gasteiger partial charge in [-0.15, -0.1) is 0 Å². The molecule has 12 N–H and O–H groups in total. The van der Waals surface area contributed by atoms with Crippen molar-refractivity contribution in [2.24, 2.45) is 0 Å². The van der Waals surface area contributed by atoms with Crippen molar-refractivity contribution in [2.75, 3.05) is 0 Å². The zero-order valence-corrected chi connectivity index (χ0v) is 81.8. The number of carbonyl (C=O) groups is 1. The molecular weight excluding hydrogens is 2000 g/mol. The van der Waals surface area contributed by atoms with Gasteiger partial charge in [0, 0.05) is 44.4 Å². The molecule has 0 saturated heterocycles. The van der Waals surface area contributed by atoms with Crippen LogP contribution in [0, 0.1) is 17.0 Å². The molecule has 20 rings (SSSR count). The summed E-state index contributed by atoms with van der Waals surface area (Å²) in [5.74, 6) is 2.63. The van der Waals surface area contributed by atoms with Gasteiger partial charge >= 0.3 is 35.5 Å². The van der Waals surface area contributed by atoms with Crippen LogP contribution in [0.4, 0.5) is 5.69 Å². The van der Waals surface area contributed by atoms with Crippen LogP contribution in [-0.4, -0.2) is 168 Å². The van der Waals surface area contributed by atoms with Crippen LogP contribution in [0.2, 0.25) is 0 Å². The number of carboxylic acid groups (broad SMARTS) is 1. The van der Waals surface area contributed by atoms with E-state index < -0.39 is 31.1 Å². The van der Waals surface area contributed by atoms with Crippen molar-refractivity contribution in [3.63, 3.8) is 0 Å². The predicted molar refractivity (Wildman–Crippen MR) is 541 cm³/mol. The maximum absolute atomic E-state index is 11.3. The zero-order chi connectivity index (χ0) is 103. The Hall–Kier alpha value is -18.5. The number of para-hydroxylation sites is 9. The number of non-ortho nitro benzene ring substituents is 1. The van der Waals surface area contributed by atoms with E-state index in [1.54, 1.807) is 206 Å². The molecule has 722 valence electrons. The SMILES string of the molecule is Cc1ccc(-c2nc(-c3ccc(S(=O)(=O)[O-])cc3)nc(-c3ccccc3O)n2)c(O)c1.O=C(O)c1ccc(-c2nc(-c3ccccc3O)nc(-c3ccccc3O)n2)cc1.O=S(=O)(O)c1ccc(-c2nc(-c3ccccc3O)nc(-c3ccccc3O)n2)cc1.O=[N+]([O-])c1ccc(-c2nc(-c3ccccc3O)nc(-c3ccccc3O)n2)cc1.Oc1ccccc1-c1nc(-c2ccc(Br)cc2)nc(-c2ccccc2O)n1.[Na+]. The van der Waals surface area contributed by atoms with Crippen molar-refractivity contribution in [2.45, 2.75) is 16.7 Å². The zero-order valence-electron chi connectivity index (χ0n) is 76.5. The number of rotatable bonds is 19. The van der Waals surface area contributed by atoms with Crippen molar-refractivity contribution >= 4 is 47.8 Å². The molecule has 15 aromatic carbocycles. The number of hydrogen-bond donors (Lipinski definition) is 12. The van der Waals surface area contributed by atoms with Crippen LogP contribution < -0.4 is 29.6 Å². The first-order valence-electron chi connectivity index (χ1n) is 43.4. The minimum absolute atomic E-state index is 0. The second-order valence-electron chi connectivity index (χ2n) is 31.4. The number of aromatic carboxylic acids is 1. The number of aromatic nitrogens is 15. The van der Waals surface area contributed by atoms with E-state index in [2.05, 4.69) is 90.7 Å². The normalized spacial score (nSPS) is 10.9. The van der Waals surface area contributed by atoms with Gasteiger partial charge in [0.25, 0.3) is 15.8 Å². The Labute approximate surface area is 866 Å². The molecule has 5 aromatic heterocycles. The number of benzene rings is 15. The second-order valence-corrected chi connectivity index (χ2v) is 35.1. The second kappa shape index (κ2) is 45.6. The van der Waals surface area contributed by atoms with Crippen LogP contribution in [0.15, 0.2) is 372 Å². The number of phenolic OH excluding ortho intramolecular Hbond substituents is 10. The molecule has 0 radical (unpaired) electrons. The van der Waals surface area contributed by atoms with Crippen molar-refractivity contribution < 1.29 is 121 Å². The Morgan fingerprint density at radius 2 is 0.456 bits per heavy atom. The maximum atomic E-state index is 11.3. The molecular formula is C107H74BrN16NaO20S2. The van der Waals surface area contributed by atoms with Crippen molar-refractivity contribution in [3.05, 3.63) is 384 Å². The number of halogens is 1. The largest absolute Gasteiger partial charge is 1.00 e. The van der Waals surface area contributed by atoms with Gasteiger partial charge < -0.3 is 60.7 Å². The molecule has 0 saturated carbocycles. The molecule has 20 aromatic rings. The fraction of sp³-hybridized carbons (Fsp3) is 0.00935. The Balaban J connectivity index is 0.000000138. The van der Waals surface area contributed by atoms with Crippen molar-refractivity contribution in [1.29, 1.82) is 0 Å². The molecule has 0 unspecified atom stereocenters. The topological polar surface area (TPSA) is 588 Å². The fourth-order valence-corrected chi connectivity index (χ4v) is 15.4. The molecule has 36 nitrogen and oxygen atoms in total. The number of aromatic hydroxyl groups is 10.